The highest BCUT2D eigenvalue weighted by Crippen LogP contribution is 2.23. The molecule has 160 valence electrons. The van der Waals surface area contributed by atoms with Crippen molar-refractivity contribution in [2.75, 3.05) is 13.2 Å². The van der Waals surface area contributed by atoms with Crippen LogP contribution in [0.15, 0.2) is 6.07 Å². The van der Waals surface area contributed by atoms with Crippen LogP contribution in [-0.2, 0) is 20.9 Å². The molecule has 1 aliphatic rings. The molecule has 3 amide bonds. The van der Waals surface area contributed by atoms with Crippen molar-refractivity contribution in [3.8, 4) is 0 Å². The standard InChI is InChI=1S/C21H31N3O5/c1-6-8-9-21(5)19(27)24(20(28)22-21)12-18(26)29-13-17(25)16-11-14(3)23(10-7-2)15(16)4/h11H,6-10,12-13H2,1-5H3,(H,22,28)/t21-/m0/s1. The smallest absolute Gasteiger partial charge is 0.326 e. The van der Waals surface area contributed by atoms with Gasteiger partial charge in [-0.15, -0.1) is 0 Å². The van der Waals surface area contributed by atoms with Gasteiger partial charge in [0.1, 0.15) is 12.1 Å². The number of imide groups is 1. The minimum absolute atomic E-state index is 0.307. The lowest BCUT2D eigenvalue weighted by Gasteiger charge is -2.21. The van der Waals surface area contributed by atoms with Gasteiger partial charge >= 0.3 is 12.0 Å². The van der Waals surface area contributed by atoms with Crippen molar-refractivity contribution in [2.24, 2.45) is 0 Å². The molecule has 1 aliphatic heterocycles. The molecule has 1 atom stereocenters. The number of amides is 3. The third-order valence-electron chi connectivity index (χ3n) is 5.35. The van der Waals surface area contributed by atoms with Crippen LogP contribution in [0.2, 0.25) is 0 Å². The molecule has 1 N–H and O–H groups in total. The van der Waals surface area contributed by atoms with Crippen molar-refractivity contribution >= 4 is 23.7 Å². The Balaban J connectivity index is 1.95. The lowest BCUT2D eigenvalue weighted by Crippen LogP contribution is -2.44. The first-order chi connectivity index (χ1) is 13.6. The maximum atomic E-state index is 12.6. The Kier molecular flexibility index (Phi) is 7.21. The average molecular weight is 405 g/mol. The Morgan fingerprint density at radius 3 is 2.48 bits per heavy atom. The number of aryl methyl sites for hydroxylation is 1. The normalized spacial score (nSPS) is 18.9. The number of hydrogen-bond acceptors (Lipinski definition) is 5. The van der Waals surface area contributed by atoms with Gasteiger partial charge in [0.05, 0.1) is 0 Å². The molecule has 1 saturated heterocycles. The molecule has 8 heteroatoms. The van der Waals surface area contributed by atoms with Crippen LogP contribution >= 0.6 is 0 Å². The highest BCUT2D eigenvalue weighted by atomic mass is 16.5. The molecule has 1 fully saturated rings. The van der Waals surface area contributed by atoms with Crippen molar-refractivity contribution in [1.29, 1.82) is 0 Å². The molecular weight excluding hydrogens is 374 g/mol. The Morgan fingerprint density at radius 2 is 1.86 bits per heavy atom. The van der Waals surface area contributed by atoms with Crippen LogP contribution in [0.5, 0.6) is 0 Å². The SMILES string of the molecule is CCCC[C@]1(C)NC(=O)N(CC(=O)OCC(=O)c2cc(C)n(CCC)c2C)C1=O. The number of rotatable bonds is 10. The molecule has 1 aromatic heterocycles. The summed E-state index contributed by atoms with van der Waals surface area (Å²) in [6.45, 7) is 9.39. The number of urea groups is 1. The van der Waals surface area contributed by atoms with Gasteiger partial charge in [-0.1, -0.05) is 26.7 Å². The molecule has 0 unspecified atom stereocenters. The minimum Gasteiger partial charge on any atom is -0.456 e. The number of carbonyl (C=O) groups is 4. The Bertz CT molecular complexity index is 813. The maximum Gasteiger partial charge on any atom is 0.326 e. The topological polar surface area (TPSA) is 97.7 Å². The summed E-state index contributed by atoms with van der Waals surface area (Å²) in [5.74, 6) is -1.54. The number of esters is 1. The van der Waals surface area contributed by atoms with E-state index in [0.717, 1.165) is 42.1 Å². The van der Waals surface area contributed by atoms with Gasteiger partial charge in [-0.2, -0.15) is 0 Å². The number of ketones is 1. The summed E-state index contributed by atoms with van der Waals surface area (Å²) in [6.07, 6.45) is 3.13. The summed E-state index contributed by atoms with van der Waals surface area (Å²) >= 11 is 0. The zero-order valence-corrected chi connectivity index (χ0v) is 18.0. The lowest BCUT2D eigenvalue weighted by atomic mass is 9.95. The quantitative estimate of drug-likeness (QED) is 0.367. The maximum absolute atomic E-state index is 12.6. The summed E-state index contributed by atoms with van der Waals surface area (Å²) in [4.78, 5) is 50.2. The van der Waals surface area contributed by atoms with Gasteiger partial charge in [0.2, 0.25) is 5.78 Å². The fraction of sp³-hybridized carbons (Fsp3) is 0.619. The number of carbonyl (C=O) groups excluding carboxylic acids is 4. The first-order valence-electron chi connectivity index (χ1n) is 10.1. The molecule has 0 aromatic carbocycles. The van der Waals surface area contributed by atoms with E-state index in [0.29, 0.717) is 12.0 Å². The van der Waals surface area contributed by atoms with E-state index in [-0.39, 0.29) is 5.78 Å². The van der Waals surface area contributed by atoms with Gasteiger partial charge in [-0.25, -0.2) is 4.79 Å². The molecule has 2 heterocycles. The molecule has 0 saturated carbocycles. The van der Waals surface area contributed by atoms with Crippen molar-refractivity contribution < 1.29 is 23.9 Å². The Labute approximate surface area is 171 Å². The van der Waals surface area contributed by atoms with Gasteiger partial charge in [-0.05, 0) is 39.7 Å². The number of aromatic nitrogens is 1. The summed E-state index contributed by atoms with van der Waals surface area (Å²) in [7, 11) is 0. The Morgan fingerprint density at radius 1 is 1.17 bits per heavy atom. The largest absolute Gasteiger partial charge is 0.456 e. The zero-order valence-electron chi connectivity index (χ0n) is 18.0. The molecule has 29 heavy (non-hydrogen) atoms. The predicted molar refractivity (Wildman–Crippen MR) is 108 cm³/mol. The van der Waals surface area contributed by atoms with E-state index in [2.05, 4.69) is 16.8 Å². The van der Waals surface area contributed by atoms with Crippen LogP contribution in [0, 0.1) is 13.8 Å². The van der Waals surface area contributed by atoms with E-state index < -0.39 is 36.6 Å². The monoisotopic (exact) mass is 405 g/mol. The number of ether oxygens (including phenoxy) is 1. The molecule has 0 spiro atoms. The number of nitrogens with one attached hydrogen (secondary N) is 1. The van der Waals surface area contributed by atoms with Gasteiger partial charge in [-0.3, -0.25) is 19.3 Å². The highest BCUT2D eigenvalue weighted by molar-refractivity contribution is 6.08. The number of nitrogens with zero attached hydrogens (tertiary/aromatic N) is 2. The molecule has 0 aliphatic carbocycles. The van der Waals surface area contributed by atoms with Crippen LogP contribution in [-0.4, -0.2) is 51.8 Å². The summed E-state index contributed by atoms with van der Waals surface area (Å²) in [5, 5.41) is 2.65. The summed E-state index contributed by atoms with van der Waals surface area (Å²) < 4.78 is 7.11. The molecule has 2 rings (SSSR count). The van der Waals surface area contributed by atoms with Gasteiger partial charge in [0.15, 0.2) is 6.61 Å². The van der Waals surface area contributed by atoms with E-state index in [9.17, 15) is 19.2 Å². The molecule has 0 bridgehead atoms. The van der Waals surface area contributed by atoms with E-state index >= 15 is 0 Å². The van der Waals surface area contributed by atoms with E-state index in [4.69, 9.17) is 4.74 Å². The van der Waals surface area contributed by atoms with Gasteiger partial charge in [0.25, 0.3) is 5.91 Å². The van der Waals surface area contributed by atoms with Gasteiger partial charge < -0.3 is 14.6 Å². The second kappa shape index (κ2) is 9.24. The zero-order chi connectivity index (χ0) is 21.8. The molecule has 1 aromatic rings. The van der Waals surface area contributed by atoms with Gasteiger partial charge in [0, 0.05) is 23.5 Å². The lowest BCUT2D eigenvalue weighted by molar-refractivity contribution is -0.146. The third-order valence-corrected chi connectivity index (χ3v) is 5.35. The predicted octanol–water partition coefficient (Wildman–Crippen LogP) is 2.74. The van der Waals surface area contributed by atoms with Crippen LogP contribution in [0.3, 0.4) is 0 Å². The highest BCUT2D eigenvalue weighted by Gasteiger charge is 2.47. The summed E-state index contributed by atoms with van der Waals surface area (Å²) in [5.41, 5.74) is 1.34. The average Bonchev–Trinajstić information content (AvgIpc) is 3.07. The molecule has 0 radical (unpaired) electrons. The van der Waals surface area contributed by atoms with Crippen molar-refractivity contribution in [3.63, 3.8) is 0 Å². The van der Waals surface area contributed by atoms with Crippen LogP contribution < -0.4 is 5.32 Å². The van der Waals surface area contributed by atoms with Crippen LogP contribution in [0.1, 0.15) is 68.2 Å². The number of unbranched alkanes of at least 4 members (excludes halogenated alkanes) is 1. The van der Waals surface area contributed by atoms with Crippen molar-refractivity contribution in [3.05, 3.63) is 23.0 Å². The van der Waals surface area contributed by atoms with Crippen molar-refractivity contribution in [2.45, 2.75) is 72.4 Å². The fourth-order valence-electron chi connectivity index (χ4n) is 3.64. The number of hydrogen-bond donors (Lipinski definition) is 1. The van der Waals surface area contributed by atoms with Crippen LogP contribution in [0.4, 0.5) is 4.79 Å². The van der Waals surface area contributed by atoms with E-state index in [1.54, 1.807) is 13.0 Å². The fourth-order valence-corrected chi connectivity index (χ4v) is 3.64. The van der Waals surface area contributed by atoms with Crippen molar-refractivity contribution in [1.82, 2.24) is 14.8 Å². The van der Waals surface area contributed by atoms with E-state index in [1.807, 2.05) is 20.8 Å². The second-order valence-electron chi connectivity index (χ2n) is 7.78. The summed E-state index contributed by atoms with van der Waals surface area (Å²) in [6, 6.07) is 1.18. The Hall–Kier alpha value is -2.64. The third kappa shape index (κ3) is 4.86. The van der Waals surface area contributed by atoms with Crippen LogP contribution in [0.25, 0.3) is 0 Å². The first kappa shape index (κ1) is 22.6. The molecular formula is C21H31N3O5. The first-order valence-corrected chi connectivity index (χ1v) is 10.1. The molecule has 8 nitrogen and oxygen atoms in total. The second-order valence-corrected chi connectivity index (χ2v) is 7.78. The number of Topliss-reactive ketones (excluding diaryl/α,β-unsaturated/α-hetero) is 1. The minimum atomic E-state index is -1.000. The van der Waals surface area contributed by atoms with E-state index in [1.165, 1.54) is 0 Å².